The van der Waals surface area contributed by atoms with Crippen molar-refractivity contribution in [2.45, 2.75) is 0 Å². The SMILES string of the molecule is Nc1cc(-c2ccc3occc(=O)c3c2)cc(N)n1. The maximum absolute atomic E-state index is 11.8. The molecule has 5 nitrogen and oxygen atoms in total. The molecule has 3 rings (SSSR count). The second kappa shape index (κ2) is 4.13. The molecule has 3 aromatic rings. The molecule has 5 heteroatoms. The van der Waals surface area contributed by atoms with Gasteiger partial charge in [-0.3, -0.25) is 4.79 Å². The van der Waals surface area contributed by atoms with Crippen LogP contribution in [0.2, 0.25) is 0 Å². The minimum Gasteiger partial charge on any atom is -0.464 e. The Kier molecular flexibility index (Phi) is 2.45. The molecule has 0 aliphatic carbocycles. The van der Waals surface area contributed by atoms with E-state index in [9.17, 15) is 4.79 Å². The van der Waals surface area contributed by atoms with Gasteiger partial charge < -0.3 is 15.9 Å². The minimum absolute atomic E-state index is 0.0851. The Morgan fingerprint density at radius 3 is 2.42 bits per heavy atom. The van der Waals surface area contributed by atoms with Crippen LogP contribution in [0.1, 0.15) is 0 Å². The normalized spacial score (nSPS) is 10.7. The molecule has 0 aliphatic rings. The van der Waals surface area contributed by atoms with Crippen molar-refractivity contribution in [1.29, 1.82) is 0 Å². The summed E-state index contributed by atoms with van der Waals surface area (Å²) in [6.45, 7) is 0. The van der Waals surface area contributed by atoms with Crippen molar-refractivity contribution in [1.82, 2.24) is 4.98 Å². The summed E-state index contributed by atoms with van der Waals surface area (Å²) in [7, 11) is 0. The first-order valence-electron chi connectivity index (χ1n) is 5.68. The maximum Gasteiger partial charge on any atom is 0.192 e. The van der Waals surface area contributed by atoms with E-state index in [-0.39, 0.29) is 5.43 Å². The van der Waals surface area contributed by atoms with Gasteiger partial charge in [-0.2, -0.15) is 0 Å². The molecular formula is C14H11N3O2. The lowest BCUT2D eigenvalue weighted by molar-refractivity contribution is 0.602. The highest BCUT2D eigenvalue weighted by molar-refractivity contribution is 5.83. The van der Waals surface area contributed by atoms with E-state index in [1.165, 1.54) is 12.3 Å². The van der Waals surface area contributed by atoms with Gasteiger partial charge in [0, 0.05) is 6.07 Å². The predicted molar refractivity (Wildman–Crippen MR) is 74.5 cm³/mol. The van der Waals surface area contributed by atoms with Gasteiger partial charge in [0.05, 0.1) is 11.6 Å². The van der Waals surface area contributed by atoms with Gasteiger partial charge in [-0.05, 0) is 35.4 Å². The van der Waals surface area contributed by atoms with E-state index < -0.39 is 0 Å². The highest BCUT2D eigenvalue weighted by Crippen LogP contribution is 2.25. The molecule has 0 saturated carbocycles. The fraction of sp³-hybridized carbons (Fsp3) is 0. The fourth-order valence-corrected chi connectivity index (χ4v) is 2.00. The second-order valence-electron chi connectivity index (χ2n) is 4.20. The molecule has 19 heavy (non-hydrogen) atoms. The number of pyridine rings is 1. The molecule has 1 aromatic carbocycles. The number of benzene rings is 1. The molecular weight excluding hydrogens is 242 g/mol. The minimum atomic E-state index is -0.0851. The van der Waals surface area contributed by atoms with Gasteiger partial charge in [0.1, 0.15) is 17.2 Å². The van der Waals surface area contributed by atoms with Gasteiger partial charge in [-0.15, -0.1) is 0 Å². The van der Waals surface area contributed by atoms with Gasteiger partial charge in [0.2, 0.25) is 0 Å². The van der Waals surface area contributed by atoms with Crippen molar-refractivity contribution in [3.8, 4) is 11.1 Å². The number of rotatable bonds is 1. The Hall–Kier alpha value is -2.82. The summed E-state index contributed by atoms with van der Waals surface area (Å²) in [5.74, 6) is 0.686. The molecule has 0 bridgehead atoms. The molecule has 0 amide bonds. The van der Waals surface area contributed by atoms with Crippen molar-refractivity contribution >= 4 is 22.6 Å². The molecule has 0 radical (unpaired) electrons. The Labute approximate surface area is 108 Å². The zero-order valence-electron chi connectivity index (χ0n) is 9.96. The number of nitrogen functional groups attached to an aromatic ring is 2. The van der Waals surface area contributed by atoms with Gasteiger partial charge in [0.25, 0.3) is 0 Å². The molecule has 4 N–H and O–H groups in total. The lowest BCUT2D eigenvalue weighted by Gasteiger charge is -2.05. The molecule has 0 spiro atoms. The van der Waals surface area contributed by atoms with E-state index >= 15 is 0 Å². The van der Waals surface area contributed by atoms with Crippen LogP contribution in [-0.4, -0.2) is 4.98 Å². The van der Waals surface area contributed by atoms with E-state index in [1.54, 1.807) is 24.3 Å². The first kappa shape index (κ1) is 11.3. The Morgan fingerprint density at radius 1 is 0.947 bits per heavy atom. The third kappa shape index (κ3) is 2.01. The first-order chi connectivity index (χ1) is 9.13. The summed E-state index contributed by atoms with van der Waals surface area (Å²) >= 11 is 0. The number of anilines is 2. The van der Waals surface area contributed by atoms with Crippen LogP contribution in [0.4, 0.5) is 11.6 Å². The monoisotopic (exact) mass is 253 g/mol. The molecule has 0 unspecified atom stereocenters. The van der Waals surface area contributed by atoms with Crippen molar-refractivity contribution in [3.05, 3.63) is 52.9 Å². The zero-order valence-corrected chi connectivity index (χ0v) is 9.96. The summed E-state index contributed by atoms with van der Waals surface area (Å²) in [5, 5.41) is 0.522. The number of hydrogen-bond donors (Lipinski definition) is 2. The lowest BCUT2D eigenvalue weighted by Crippen LogP contribution is -1.99. The molecule has 2 aromatic heterocycles. The average Bonchev–Trinajstić information content (AvgIpc) is 2.38. The summed E-state index contributed by atoms with van der Waals surface area (Å²) < 4.78 is 5.27. The Morgan fingerprint density at radius 2 is 1.68 bits per heavy atom. The van der Waals surface area contributed by atoms with E-state index in [4.69, 9.17) is 15.9 Å². The predicted octanol–water partition coefficient (Wildman–Crippen LogP) is 2.02. The van der Waals surface area contributed by atoms with Crippen LogP contribution < -0.4 is 16.9 Å². The molecule has 94 valence electrons. The summed E-state index contributed by atoms with van der Waals surface area (Å²) in [4.78, 5) is 15.7. The molecule has 0 atom stereocenters. The molecule has 0 aliphatic heterocycles. The Bertz CT molecular complexity index is 804. The van der Waals surface area contributed by atoms with Gasteiger partial charge >= 0.3 is 0 Å². The molecule has 0 fully saturated rings. The second-order valence-corrected chi connectivity index (χ2v) is 4.20. The van der Waals surface area contributed by atoms with Crippen LogP contribution in [0, 0.1) is 0 Å². The number of nitrogens with two attached hydrogens (primary N) is 2. The third-order valence-corrected chi connectivity index (χ3v) is 2.86. The third-order valence-electron chi connectivity index (χ3n) is 2.86. The van der Waals surface area contributed by atoms with E-state index in [1.807, 2.05) is 6.07 Å². The summed E-state index contributed by atoms with van der Waals surface area (Å²) in [5.41, 5.74) is 13.5. The van der Waals surface area contributed by atoms with Crippen molar-refractivity contribution < 1.29 is 4.42 Å². The van der Waals surface area contributed by atoms with Crippen LogP contribution in [0.15, 0.2) is 51.9 Å². The van der Waals surface area contributed by atoms with Crippen molar-refractivity contribution in [2.24, 2.45) is 0 Å². The van der Waals surface area contributed by atoms with Gasteiger partial charge in [0.15, 0.2) is 5.43 Å². The number of aromatic nitrogens is 1. The fourth-order valence-electron chi connectivity index (χ4n) is 2.00. The molecule has 0 saturated heterocycles. The van der Waals surface area contributed by atoms with E-state index in [0.29, 0.717) is 22.6 Å². The van der Waals surface area contributed by atoms with E-state index in [0.717, 1.165) is 11.1 Å². The Balaban J connectivity index is 2.25. The standard InChI is InChI=1S/C14H11N3O2/c15-13-6-9(7-14(16)17-13)8-1-2-12-10(5-8)11(18)3-4-19-12/h1-7H,(H4,15,16,17). The quantitative estimate of drug-likeness (QED) is 0.691. The average molecular weight is 253 g/mol. The number of fused-ring (bicyclic) bond motifs is 1. The highest BCUT2D eigenvalue weighted by Gasteiger charge is 2.05. The first-order valence-corrected chi connectivity index (χ1v) is 5.68. The topological polar surface area (TPSA) is 95.1 Å². The number of hydrogen-bond acceptors (Lipinski definition) is 5. The van der Waals surface area contributed by atoms with Crippen molar-refractivity contribution in [2.75, 3.05) is 11.5 Å². The largest absolute Gasteiger partial charge is 0.464 e. The van der Waals surface area contributed by atoms with Crippen LogP contribution in [0.25, 0.3) is 22.1 Å². The lowest BCUT2D eigenvalue weighted by atomic mass is 10.0. The maximum atomic E-state index is 11.8. The van der Waals surface area contributed by atoms with Crippen LogP contribution in [0.5, 0.6) is 0 Å². The van der Waals surface area contributed by atoms with Crippen LogP contribution in [0.3, 0.4) is 0 Å². The van der Waals surface area contributed by atoms with E-state index in [2.05, 4.69) is 4.98 Å². The zero-order chi connectivity index (χ0) is 13.4. The number of nitrogens with zero attached hydrogens (tertiary/aromatic N) is 1. The van der Waals surface area contributed by atoms with Gasteiger partial charge in [-0.25, -0.2) is 4.98 Å². The van der Waals surface area contributed by atoms with Crippen LogP contribution >= 0.6 is 0 Å². The smallest absolute Gasteiger partial charge is 0.192 e. The highest BCUT2D eigenvalue weighted by atomic mass is 16.3. The van der Waals surface area contributed by atoms with Crippen molar-refractivity contribution in [3.63, 3.8) is 0 Å². The summed E-state index contributed by atoms with van der Waals surface area (Å²) in [6.07, 6.45) is 1.38. The molecule has 2 heterocycles. The summed E-state index contributed by atoms with van der Waals surface area (Å²) in [6, 6.07) is 10.2. The van der Waals surface area contributed by atoms with Gasteiger partial charge in [-0.1, -0.05) is 6.07 Å². The van der Waals surface area contributed by atoms with Crippen LogP contribution in [-0.2, 0) is 0 Å².